The van der Waals surface area contributed by atoms with Gasteiger partial charge in [-0.2, -0.15) is 0 Å². The molecule has 16 heavy (non-hydrogen) atoms. The Morgan fingerprint density at radius 2 is 1.56 bits per heavy atom. The zero-order valence-corrected chi connectivity index (χ0v) is 10.9. The van der Waals surface area contributed by atoms with Gasteiger partial charge in [0.15, 0.2) is 0 Å². The molecule has 2 N–H and O–H groups in total. The summed E-state index contributed by atoms with van der Waals surface area (Å²) in [6, 6.07) is 9.78. The van der Waals surface area contributed by atoms with Crippen LogP contribution in [0.5, 0.6) is 0 Å². The fraction of sp³-hybridized carbons (Fsp3) is 0.571. The highest BCUT2D eigenvalue weighted by Crippen LogP contribution is 2.10. The first-order valence-corrected chi connectivity index (χ1v) is 6.17. The van der Waals surface area contributed by atoms with E-state index in [1.54, 1.807) is 0 Å². The molecule has 2 heteroatoms. The van der Waals surface area contributed by atoms with Crippen LogP contribution in [0.15, 0.2) is 24.3 Å². The van der Waals surface area contributed by atoms with Crippen molar-refractivity contribution in [3.05, 3.63) is 29.8 Å². The van der Waals surface area contributed by atoms with Gasteiger partial charge in [0.2, 0.25) is 0 Å². The average Bonchev–Trinajstić information content (AvgIpc) is 2.19. The summed E-state index contributed by atoms with van der Waals surface area (Å²) in [7, 11) is 0. The van der Waals surface area contributed by atoms with Gasteiger partial charge < -0.3 is 10.6 Å². The van der Waals surface area contributed by atoms with Gasteiger partial charge in [0.25, 0.3) is 0 Å². The molecular formula is C14H24N2. The van der Waals surface area contributed by atoms with Crippen molar-refractivity contribution in [3.8, 4) is 0 Å². The van der Waals surface area contributed by atoms with Crippen molar-refractivity contribution in [2.75, 3.05) is 11.9 Å². The lowest BCUT2D eigenvalue weighted by atomic mass is 10.1. The molecule has 0 aliphatic rings. The highest BCUT2D eigenvalue weighted by molar-refractivity contribution is 5.45. The van der Waals surface area contributed by atoms with E-state index in [1.807, 2.05) is 0 Å². The van der Waals surface area contributed by atoms with E-state index in [0.717, 1.165) is 13.0 Å². The molecule has 0 amide bonds. The molecule has 0 heterocycles. The first-order chi connectivity index (χ1) is 7.58. The van der Waals surface area contributed by atoms with Gasteiger partial charge in [0.1, 0.15) is 0 Å². The van der Waals surface area contributed by atoms with E-state index >= 15 is 0 Å². The Labute approximate surface area is 99.5 Å². The van der Waals surface area contributed by atoms with Crippen LogP contribution in [0.4, 0.5) is 5.69 Å². The van der Waals surface area contributed by atoms with Crippen molar-refractivity contribution in [1.29, 1.82) is 0 Å². The Kier molecular flexibility index (Phi) is 5.33. The summed E-state index contributed by atoms with van der Waals surface area (Å²) in [5.74, 6) is 0. The van der Waals surface area contributed by atoms with E-state index in [-0.39, 0.29) is 0 Å². The van der Waals surface area contributed by atoms with Crippen molar-refractivity contribution in [1.82, 2.24) is 5.32 Å². The summed E-state index contributed by atoms with van der Waals surface area (Å²) in [6.07, 6.45) is 1.10. The minimum Gasteiger partial charge on any atom is -0.383 e. The number of rotatable bonds is 6. The average molecular weight is 220 g/mol. The van der Waals surface area contributed by atoms with Crippen LogP contribution in [-0.4, -0.2) is 18.6 Å². The van der Waals surface area contributed by atoms with Gasteiger partial charge in [0.05, 0.1) is 0 Å². The number of hydrogen-bond donors (Lipinski definition) is 2. The third-order valence-corrected chi connectivity index (χ3v) is 2.38. The number of nitrogens with one attached hydrogen (secondary N) is 2. The highest BCUT2D eigenvalue weighted by Gasteiger charge is 1.97. The lowest BCUT2D eigenvalue weighted by molar-refractivity contribution is 0.590. The second kappa shape index (κ2) is 6.54. The van der Waals surface area contributed by atoms with Crippen LogP contribution in [0.2, 0.25) is 0 Å². The molecule has 0 spiro atoms. The molecular weight excluding hydrogens is 196 g/mol. The molecule has 0 bridgehead atoms. The molecule has 0 saturated heterocycles. The molecule has 0 aliphatic heterocycles. The molecule has 1 aromatic carbocycles. The quantitative estimate of drug-likeness (QED) is 0.770. The van der Waals surface area contributed by atoms with E-state index < -0.39 is 0 Å². The standard InChI is InChI=1S/C14H24N2/c1-11(2)15-10-9-13-5-7-14(8-6-13)16-12(3)4/h5-8,11-12,15-16H,9-10H2,1-4H3. The molecule has 0 atom stereocenters. The topological polar surface area (TPSA) is 24.1 Å². The van der Waals surface area contributed by atoms with Crippen LogP contribution in [0.3, 0.4) is 0 Å². The smallest absolute Gasteiger partial charge is 0.0342 e. The maximum absolute atomic E-state index is 3.43. The molecule has 0 radical (unpaired) electrons. The maximum Gasteiger partial charge on any atom is 0.0342 e. The first kappa shape index (κ1) is 13.0. The normalized spacial score (nSPS) is 11.1. The van der Waals surface area contributed by atoms with E-state index in [2.05, 4.69) is 62.6 Å². The molecule has 0 aromatic heterocycles. The number of benzene rings is 1. The van der Waals surface area contributed by atoms with Gasteiger partial charge in [-0.1, -0.05) is 26.0 Å². The third kappa shape index (κ3) is 5.17. The van der Waals surface area contributed by atoms with Crippen LogP contribution >= 0.6 is 0 Å². The predicted molar refractivity (Wildman–Crippen MR) is 72.0 cm³/mol. The summed E-state index contributed by atoms with van der Waals surface area (Å²) in [6.45, 7) is 9.71. The molecule has 1 aromatic rings. The number of hydrogen-bond acceptors (Lipinski definition) is 2. The van der Waals surface area contributed by atoms with Gasteiger partial charge >= 0.3 is 0 Å². The Morgan fingerprint density at radius 1 is 0.938 bits per heavy atom. The molecule has 1 rings (SSSR count). The Morgan fingerprint density at radius 3 is 2.06 bits per heavy atom. The fourth-order valence-electron chi connectivity index (χ4n) is 1.61. The third-order valence-electron chi connectivity index (χ3n) is 2.38. The van der Waals surface area contributed by atoms with Crippen LogP contribution < -0.4 is 10.6 Å². The Balaban J connectivity index is 2.39. The summed E-state index contributed by atoms with van der Waals surface area (Å²) >= 11 is 0. The summed E-state index contributed by atoms with van der Waals surface area (Å²) in [5, 5.41) is 6.82. The largest absolute Gasteiger partial charge is 0.383 e. The second-order valence-electron chi connectivity index (χ2n) is 4.85. The van der Waals surface area contributed by atoms with Crippen LogP contribution in [-0.2, 0) is 6.42 Å². The first-order valence-electron chi connectivity index (χ1n) is 6.17. The van der Waals surface area contributed by atoms with E-state index in [1.165, 1.54) is 11.3 Å². The fourth-order valence-corrected chi connectivity index (χ4v) is 1.61. The molecule has 0 fully saturated rings. The van der Waals surface area contributed by atoms with Crippen molar-refractivity contribution >= 4 is 5.69 Å². The minimum absolute atomic E-state index is 0.494. The Hall–Kier alpha value is -1.02. The van der Waals surface area contributed by atoms with Gasteiger partial charge in [-0.3, -0.25) is 0 Å². The molecule has 90 valence electrons. The maximum atomic E-state index is 3.43. The van der Waals surface area contributed by atoms with Gasteiger partial charge in [0, 0.05) is 17.8 Å². The molecule has 0 aliphatic carbocycles. The lowest BCUT2D eigenvalue weighted by Crippen LogP contribution is -2.24. The van der Waals surface area contributed by atoms with E-state index in [9.17, 15) is 0 Å². The predicted octanol–water partition coefficient (Wildman–Crippen LogP) is 3.05. The van der Waals surface area contributed by atoms with Crippen molar-refractivity contribution in [3.63, 3.8) is 0 Å². The second-order valence-corrected chi connectivity index (χ2v) is 4.85. The van der Waals surface area contributed by atoms with Gasteiger partial charge in [-0.05, 0) is 44.5 Å². The SMILES string of the molecule is CC(C)NCCc1ccc(NC(C)C)cc1. The van der Waals surface area contributed by atoms with E-state index in [4.69, 9.17) is 0 Å². The Bertz CT molecular complexity index is 288. The van der Waals surface area contributed by atoms with Crippen molar-refractivity contribution < 1.29 is 0 Å². The lowest BCUT2D eigenvalue weighted by Gasteiger charge is -2.11. The minimum atomic E-state index is 0.494. The van der Waals surface area contributed by atoms with Gasteiger partial charge in [-0.15, -0.1) is 0 Å². The highest BCUT2D eigenvalue weighted by atomic mass is 14.9. The van der Waals surface area contributed by atoms with E-state index in [0.29, 0.717) is 12.1 Å². The van der Waals surface area contributed by atoms with Gasteiger partial charge in [-0.25, -0.2) is 0 Å². The van der Waals surface area contributed by atoms with Crippen LogP contribution in [0.1, 0.15) is 33.3 Å². The summed E-state index contributed by atoms with van der Waals surface area (Å²) in [4.78, 5) is 0. The number of anilines is 1. The van der Waals surface area contributed by atoms with Crippen LogP contribution in [0.25, 0.3) is 0 Å². The molecule has 0 unspecified atom stereocenters. The zero-order chi connectivity index (χ0) is 12.0. The summed E-state index contributed by atoms with van der Waals surface area (Å²) < 4.78 is 0. The molecule has 0 saturated carbocycles. The van der Waals surface area contributed by atoms with Crippen molar-refractivity contribution in [2.24, 2.45) is 0 Å². The molecule has 2 nitrogen and oxygen atoms in total. The zero-order valence-electron chi connectivity index (χ0n) is 10.9. The summed E-state index contributed by atoms with van der Waals surface area (Å²) in [5.41, 5.74) is 2.60. The van der Waals surface area contributed by atoms with Crippen molar-refractivity contribution in [2.45, 2.75) is 46.2 Å². The monoisotopic (exact) mass is 220 g/mol. The van der Waals surface area contributed by atoms with Crippen LogP contribution in [0, 0.1) is 0 Å².